The largest absolute Gasteiger partial charge is 0.342 e. The monoisotopic (exact) mass is 455 g/mol. The lowest BCUT2D eigenvalue weighted by Gasteiger charge is -2.22. The number of benzene rings is 2. The molecule has 1 heterocycles. The van der Waals surface area contributed by atoms with Crippen molar-refractivity contribution in [2.45, 2.75) is 38.5 Å². The van der Waals surface area contributed by atoms with Crippen LogP contribution in [0.15, 0.2) is 59.8 Å². The molecule has 2 amide bonds. The van der Waals surface area contributed by atoms with Crippen LogP contribution in [0, 0.1) is 11.7 Å². The molecular weight excluding hydrogens is 429 g/mol. The molecule has 2 N–H and O–H groups in total. The third-order valence-electron chi connectivity index (χ3n) is 4.80. The molecule has 1 unspecified atom stereocenters. The summed E-state index contributed by atoms with van der Waals surface area (Å²) in [5, 5.41) is 14.8. The number of nitrogens with one attached hydrogen (secondary N) is 2. The molecule has 3 aromatic rings. The Morgan fingerprint density at radius 1 is 1.06 bits per heavy atom. The van der Waals surface area contributed by atoms with Crippen molar-refractivity contribution in [3.63, 3.8) is 0 Å². The Morgan fingerprint density at radius 2 is 1.75 bits per heavy atom. The van der Waals surface area contributed by atoms with E-state index in [4.69, 9.17) is 0 Å². The molecule has 0 fully saturated rings. The molecule has 3 rings (SSSR count). The summed E-state index contributed by atoms with van der Waals surface area (Å²) in [5.41, 5.74) is 0.708. The van der Waals surface area contributed by atoms with E-state index in [-0.39, 0.29) is 23.1 Å². The van der Waals surface area contributed by atoms with Crippen LogP contribution in [-0.4, -0.2) is 32.3 Å². The fraction of sp³-hybridized carbons (Fsp3) is 0.304. The zero-order valence-corrected chi connectivity index (χ0v) is 19.0. The summed E-state index contributed by atoms with van der Waals surface area (Å²) in [6, 6.07) is 14.6. The fourth-order valence-electron chi connectivity index (χ4n) is 3.18. The highest BCUT2D eigenvalue weighted by atomic mass is 32.2. The molecule has 0 spiro atoms. The van der Waals surface area contributed by atoms with E-state index >= 15 is 0 Å². The summed E-state index contributed by atoms with van der Waals surface area (Å²) in [6.45, 7) is 6.39. The van der Waals surface area contributed by atoms with Gasteiger partial charge in [0.2, 0.25) is 5.91 Å². The lowest BCUT2D eigenvalue weighted by Crippen LogP contribution is -2.34. The summed E-state index contributed by atoms with van der Waals surface area (Å²) < 4.78 is 15.9. The zero-order valence-electron chi connectivity index (χ0n) is 18.2. The molecule has 7 nitrogen and oxygen atoms in total. The second-order valence-electron chi connectivity index (χ2n) is 7.46. The highest BCUT2D eigenvalue weighted by molar-refractivity contribution is 7.99. The van der Waals surface area contributed by atoms with E-state index in [9.17, 15) is 14.0 Å². The molecule has 32 heavy (non-hydrogen) atoms. The van der Waals surface area contributed by atoms with Gasteiger partial charge in [0.15, 0.2) is 11.0 Å². The topological polar surface area (TPSA) is 88.9 Å². The lowest BCUT2D eigenvalue weighted by molar-refractivity contribution is -0.113. The van der Waals surface area contributed by atoms with E-state index in [1.807, 2.05) is 55.7 Å². The number of carbonyl (C=O) groups excluding carboxylic acids is 2. The maximum atomic E-state index is 14.0. The van der Waals surface area contributed by atoms with Crippen molar-refractivity contribution in [2.24, 2.45) is 5.92 Å². The van der Waals surface area contributed by atoms with E-state index in [2.05, 4.69) is 20.8 Å². The van der Waals surface area contributed by atoms with Crippen molar-refractivity contribution in [1.29, 1.82) is 0 Å². The quantitative estimate of drug-likeness (QED) is 0.470. The van der Waals surface area contributed by atoms with Crippen LogP contribution in [0.1, 0.15) is 43.0 Å². The number of carbonyl (C=O) groups is 2. The number of hydrogen-bond donors (Lipinski definition) is 2. The molecule has 0 aliphatic heterocycles. The molecule has 9 heteroatoms. The summed E-state index contributed by atoms with van der Waals surface area (Å²) >= 11 is 1.27. The summed E-state index contributed by atoms with van der Waals surface area (Å²) in [7, 11) is 0. The first-order chi connectivity index (χ1) is 15.4. The third-order valence-corrected chi connectivity index (χ3v) is 5.77. The highest BCUT2D eigenvalue weighted by Crippen LogP contribution is 2.26. The number of halogens is 1. The van der Waals surface area contributed by atoms with Gasteiger partial charge >= 0.3 is 0 Å². The molecule has 0 radical (unpaired) electrons. The average Bonchev–Trinajstić information content (AvgIpc) is 3.19. The number of anilines is 1. The lowest BCUT2D eigenvalue weighted by atomic mass is 10.0. The van der Waals surface area contributed by atoms with Crippen LogP contribution in [0.4, 0.5) is 10.1 Å². The first kappa shape index (κ1) is 23.5. The molecule has 1 atom stereocenters. The van der Waals surface area contributed by atoms with Crippen molar-refractivity contribution in [3.05, 3.63) is 71.8 Å². The van der Waals surface area contributed by atoms with Crippen LogP contribution in [-0.2, 0) is 11.3 Å². The summed E-state index contributed by atoms with van der Waals surface area (Å²) in [4.78, 5) is 25.0. The van der Waals surface area contributed by atoms with Crippen LogP contribution in [0.25, 0.3) is 0 Å². The second kappa shape index (κ2) is 10.9. The minimum Gasteiger partial charge on any atom is -0.342 e. The summed E-state index contributed by atoms with van der Waals surface area (Å²) in [6.07, 6.45) is 0. The van der Waals surface area contributed by atoms with Crippen LogP contribution in [0.5, 0.6) is 0 Å². The maximum absolute atomic E-state index is 14.0. The molecule has 0 bridgehead atoms. The second-order valence-corrected chi connectivity index (χ2v) is 8.41. The summed E-state index contributed by atoms with van der Waals surface area (Å²) in [5.74, 6) is -0.519. The molecule has 0 saturated heterocycles. The normalized spacial score (nSPS) is 11.9. The van der Waals surface area contributed by atoms with E-state index in [0.29, 0.717) is 17.5 Å². The molecule has 0 aliphatic carbocycles. The van der Waals surface area contributed by atoms with Crippen molar-refractivity contribution >= 4 is 29.3 Å². The van der Waals surface area contributed by atoms with Crippen LogP contribution in [0.3, 0.4) is 0 Å². The van der Waals surface area contributed by atoms with E-state index < -0.39 is 17.8 Å². The molecule has 168 valence electrons. The molecule has 2 aromatic carbocycles. The Labute approximate surface area is 190 Å². The number of aromatic nitrogens is 3. The number of para-hydroxylation sites is 1. The fourth-order valence-corrected chi connectivity index (χ4v) is 3.99. The standard InChI is InChI=1S/C23H26FN5O2S/c1-4-29-21(20(15(2)3)26-22(31)17-12-8-9-13-18(17)24)27-28-23(29)32-14-19(30)25-16-10-6-5-7-11-16/h5-13,15,20H,4,14H2,1-3H3,(H,25,30)(H,26,31). The Bertz CT molecular complexity index is 1070. The van der Waals surface area contributed by atoms with Crippen molar-refractivity contribution in [1.82, 2.24) is 20.1 Å². The van der Waals surface area contributed by atoms with Crippen molar-refractivity contribution in [2.75, 3.05) is 11.1 Å². The van der Waals surface area contributed by atoms with E-state index in [1.54, 1.807) is 6.07 Å². The van der Waals surface area contributed by atoms with Gasteiger partial charge in [-0.1, -0.05) is 55.9 Å². The molecule has 0 saturated carbocycles. The number of rotatable bonds is 9. The maximum Gasteiger partial charge on any atom is 0.254 e. The highest BCUT2D eigenvalue weighted by Gasteiger charge is 2.27. The predicted octanol–water partition coefficient (Wildman–Crippen LogP) is 4.30. The Morgan fingerprint density at radius 3 is 2.41 bits per heavy atom. The molecule has 0 aliphatic rings. The van der Waals surface area contributed by atoms with E-state index in [1.165, 1.54) is 30.0 Å². The SMILES string of the molecule is CCn1c(SCC(=O)Nc2ccccc2)nnc1C(NC(=O)c1ccccc1F)C(C)C. The smallest absolute Gasteiger partial charge is 0.254 e. The molecular formula is C23H26FN5O2S. The van der Waals surface area contributed by atoms with Gasteiger partial charge in [0.05, 0.1) is 17.4 Å². The first-order valence-electron chi connectivity index (χ1n) is 10.4. The van der Waals surface area contributed by atoms with Crippen molar-refractivity contribution < 1.29 is 14.0 Å². The van der Waals surface area contributed by atoms with Gasteiger partial charge in [-0.25, -0.2) is 4.39 Å². The number of hydrogen-bond acceptors (Lipinski definition) is 5. The number of nitrogens with zero attached hydrogens (tertiary/aromatic N) is 3. The zero-order chi connectivity index (χ0) is 23.1. The predicted molar refractivity (Wildman–Crippen MR) is 123 cm³/mol. The van der Waals surface area contributed by atoms with Gasteiger partial charge < -0.3 is 15.2 Å². The van der Waals surface area contributed by atoms with Crippen LogP contribution < -0.4 is 10.6 Å². The third kappa shape index (κ3) is 5.73. The van der Waals surface area contributed by atoms with Gasteiger partial charge in [0, 0.05) is 12.2 Å². The van der Waals surface area contributed by atoms with Gasteiger partial charge in [-0.3, -0.25) is 9.59 Å². The van der Waals surface area contributed by atoms with Gasteiger partial charge in [-0.15, -0.1) is 10.2 Å². The van der Waals surface area contributed by atoms with Gasteiger partial charge in [-0.05, 0) is 37.1 Å². The van der Waals surface area contributed by atoms with Crippen molar-refractivity contribution in [3.8, 4) is 0 Å². The van der Waals surface area contributed by atoms with Crippen LogP contribution >= 0.6 is 11.8 Å². The number of thioether (sulfide) groups is 1. The van der Waals surface area contributed by atoms with Gasteiger partial charge in [0.1, 0.15) is 5.82 Å². The van der Waals surface area contributed by atoms with Gasteiger partial charge in [-0.2, -0.15) is 0 Å². The van der Waals surface area contributed by atoms with Gasteiger partial charge in [0.25, 0.3) is 5.91 Å². The first-order valence-corrected chi connectivity index (χ1v) is 11.4. The minimum absolute atomic E-state index is 0.0144. The van der Waals surface area contributed by atoms with E-state index in [0.717, 1.165) is 5.69 Å². The number of amides is 2. The van der Waals surface area contributed by atoms with Crippen LogP contribution in [0.2, 0.25) is 0 Å². The minimum atomic E-state index is -0.579. The average molecular weight is 456 g/mol. The Balaban J connectivity index is 1.73. The molecule has 1 aromatic heterocycles. The Hall–Kier alpha value is -3.20. The Kier molecular flexibility index (Phi) is 7.99.